The van der Waals surface area contributed by atoms with Gasteiger partial charge in [-0.15, -0.1) is 0 Å². The summed E-state index contributed by atoms with van der Waals surface area (Å²) in [5, 5.41) is 9.77. The average molecular weight is 589 g/mol. The molecule has 6 rings (SSSR count). The summed E-state index contributed by atoms with van der Waals surface area (Å²) in [5.41, 5.74) is 5.57. The molecule has 0 bridgehead atoms. The lowest BCUT2D eigenvalue weighted by molar-refractivity contribution is -0.142. The third-order valence-corrected chi connectivity index (χ3v) is 9.54. The first-order valence-electron chi connectivity index (χ1n) is 15.4. The number of carbonyl (C=O) groups is 1. The van der Waals surface area contributed by atoms with Crippen LogP contribution in [-0.2, 0) is 22.5 Å². The molecule has 228 valence electrons. The Morgan fingerprint density at radius 1 is 1.12 bits per heavy atom. The fraction of sp³-hybridized carbons (Fsp3) is 0.486. The summed E-state index contributed by atoms with van der Waals surface area (Å²) in [7, 11) is 3.27. The maximum atomic E-state index is 15.2. The molecule has 7 nitrogen and oxygen atoms in total. The number of carboxylic acid groups (broad SMARTS) is 1. The number of carboxylic acids is 1. The highest BCUT2D eigenvalue weighted by molar-refractivity contribution is 5.71. The molecule has 3 aliphatic rings. The number of aliphatic carboxylic acids is 1. The Hall–Kier alpha value is -3.49. The summed E-state index contributed by atoms with van der Waals surface area (Å²) in [6.07, 6.45) is 7.09. The fourth-order valence-corrected chi connectivity index (χ4v) is 7.05. The Bertz CT molecular complexity index is 1470. The van der Waals surface area contributed by atoms with Crippen LogP contribution in [0.3, 0.4) is 0 Å². The number of hydrogen-bond acceptors (Lipinski definition) is 6. The van der Waals surface area contributed by atoms with Crippen molar-refractivity contribution in [2.75, 3.05) is 27.4 Å². The number of rotatable bonds is 11. The molecular formula is C35H41FN2O5. The van der Waals surface area contributed by atoms with E-state index in [0.29, 0.717) is 36.6 Å². The topological polar surface area (TPSA) is 81.1 Å². The fourth-order valence-electron chi connectivity index (χ4n) is 7.05. The zero-order valence-electron chi connectivity index (χ0n) is 25.2. The van der Waals surface area contributed by atoms with Gasteiger partial charge in [0.2, 0.25) is 5.88 Å². The molecule has 2 aliphatic heterocycles. The monoisotopic (exact) mass is 588 g/mol. The van der Waals surface area contributed by atoms with Crippen molar-refractivity contribution < 1.29 is 28.5 Å². The molecule has 2 aromatic carbocycles. The van der Waals surface area contributed by atoms with Gasteiger partial charge in [0, 0.05) is 31.3 Å². The molecule has 2 fully saturated rings. The van der Waals surface area contributed by atoms with Crippen LogP contribution < -0.4 is 9.47 Å². The number of nitrogens with zero attached hydrogens (tertiary/aromatic N) is 2. The minimum atomic E-state index is -0.755. The van der Waals surface area contributed by atoms with Crippen molar-refractivity contribution in [3.63, 3.8) is 0 Å². The normalized spacial score (nSPS) is 21.6. The third kappa shape index (κ3) is 6.27. The molecule has 1 aliphatic carbocycles. The Balaban J connectivity index is 1.32. The number of likely N-dealkylation sites (tertiary alicyclic amines) is 1. The van der Waals surface area contributed by atoms with E-state index < -0.39 is 11.9 Å². The van der Waals surface area contributed by atoms with E-state index >= 15 is 4.39 Å². The number of aromatic nitrogens is 1. The molecule has 1 saturated heterocycles. The number of methoxy groups -OCH3 is 2. The van der Waals surface area contributed by atoms with E-state index in [2.05, 4.69) is 34.1 Å². The Kier molecular flexibility index (Phi) is 8.68. The van der Waals surface area contributed by atoms with Crippen LogP contribution in [0.5, 0.6) is 11.6 Å². The van der Waals surface area contributed by atoms with Crippen LogP contribution in [0.4, 0.5) is 4.39 Å². The SMILES string of the molecule is COC[C@H]1CCCN1Cc1cc(C2CCc3ccc([C@H](C4CC4)[C@H](C)C(=O)O)cc3O2)ccc1-c1cc(OC)ncc1F. The third-order valence-electron chi connectivity index (χ3n) is 9.54. The van der Waals surface area contributed by atoms with E-state index in [4.69, 9.17) is 14.2 Å². The number of pyridine rings is 1. The van der Waals surface area contributed by atoms with Crippen LogP contribution in [-0.4, -0.2) is 54.4 Å². The molecule has 4 atom stereocenters. The zero-order chi connectivity index (χ0) is 30.1. The molecule has 1 saturated carbocycles. The summed E-state index contributed by atoms with van der Waals surface area (Å²) < 4.78 is 32.6. The molecule has 43 heavy (non-hydrogen) atoms. The van der Waals surface area contributed by atoms with Gasteiger partial charge in [0.25, 0.3) is 0 Å². The van der Waals surface area contributed by atoms with Crippen molar-refractivity contribution in [2.45, 2.75) is 70.1 Å². The number of hydrogen-bond donors (Lipinski definition) is 1. The van der Waals surface area contributed by atoms with E-state index in [0.717, 1.165) is 78.6 Å². The van der Waals surface area contributed by atoms with Crippen molar-refractivity contribution in [1.82, 2.24) is 9.88 Å². The van der Waals surface area contributed by atoms with Crippen molar-refractivity contribution >= 4 is 5.97 Å². The first-order chi connectivity index (χ1) is 20.9. The van der Waals surface area contributed by atoms with Crippen LogP contribution in [0.25, 0.3) is 11.1 Å². The first-order valence-corrected chi connectivity index (χ1v) is 15.4. The van der Waals surface area contributed by atoms with Gasteiger partial charge >= 0.3 is 5.97 Å². The second-order valence-corrected chi connectivity index (χ2v) is 12.3. The minimum absolute atomic E-state index is 0.00887. The molecular weight excluding hydrogens is 547 g/mol. The van der Waals surface area contributed by atoms with Gasteiger partial charge in [0.15, 0.2) is 0 Å². The highest BCUT2D eigenvalue weighted by Crippen LogP contribution is 2.48. The first kappa shape index (κ1) is 29.6. The summed E-state index contributed by atoms with van der Waals surface area (Å²) >= 11 is 0. The van der Waals surface area contributed by atoms with E-state index in [1.807, 2.05) is 19.1 Å². The van der Waals surface area contributed by atoms with E-state index in [1.165, 1.54) is 13.3 Å². The van der Waals surface area contributed by atoms with Gasteiger partial charge in [-0.25, -0.2) is 9.37 Å². The van der Waals surface area contributed by atoms with Gasteiger partial charge in [0.1, 0.15) is 17.7 Å². The second-order valence-electron chi connectivity index (χ2n) is 12.3. The van der Waals surface area contributed by atoms with Gasteiger partial charge in [-0.2, -0.15) is 0 Å². The molecule has 1 N–H and O–H groups in total. The lowest BCUT2D eigenvalue weighted by Gasteiger charge is -2.30. The van der Waals surface area contributed by atoms with Gasteiger partial charge < -0.3 is 19.3 Å². The van der Waals surface area contributed by atoms with Crippen LogP contribution in [0.2, 0.25) is 0 Å². The van der Waals surface area contributed by atoms with E-state index in [9.17, 15) is 9.90 Å². The highest BCUT2D eigenvalue weighted by atomic mass is 19.1. The smallest absolute Gasteiger partial charge is 0.306 e. The van der Waals surface area contributed by atoms with Gasteiger partial charge in [-0.1, -0.05) is 37.3 Å². The maximum absolute atomic E-state index is 15.2. The van der Waals surface area contributed by atoms with E-state index in [1.54, 1.807) is 13.2 Å². The number of halogens is 1. The molecule has 0 amide bonds. The summed E-state index contributed by atoms with van der Waals surface area (Å²) in [4.78, 5) is 18.4. The molecule has 0 spiro atoms. The van der Waals surface area contributed by atoms with E-state index in [-0.39, 0.29) is 17.8 Å². The maximum Gasteiger partial charge on any atom is 0.306 e. The van der Waals surface area contributed by atoms with Crippen molar-refractivity contribution in [3.05, 3.63) is 76.7 Å². The van der Waals surface area contributed by atoms with Crippen LogP contribution in [0, 0.1) is 17.7 Å². The van der Waals surface area contributed by atoms with Crippen LogP contribution in [0.1, 0.15) is 73.3 Å². The van der Waals surface area contributed by atoms with Crippen molar-refractivity contribution in [3.8, 4) is 22.8 Å². The number of benzene rings is 2. The van der Waals surface area contributed by atoms with Crippen molar-refractivity contribution in [1.29, 1.82) is 0 Å². The molecule has 3 heterocycles. The Morgan fingerprint density at radius 2 is 1.95 bits per heavy atom. The summed E-state index contributed by atoms with van der Waals surface area (Å²) in [5.74, 6) is 0.0289. The molecule has 0 radical (unpaired) electrons. The largest absolute Gasteiger partial charge is 0.485 e. The predicted molar refractivity (Wildman–Crippen MR) is 162 cm³/mol. The summed E-state index contributed by atoms with van der Waals surface area (Å²) in [6.45, 7) is 4.12. The van der Waals surface area contributed by atoms with Gasteiger partial charge in [-0.3, -0.25) is 9.69 Å². The van der Waals surface area contributed by atoms with Gasteiger partial charge in [-0.05, 0) is 90.8 Å². The number of aryl methyl sites for hydroxylation is 1. The van der Waals surface area contributed by atoms with Crippen LogP contribution >= 0.6 is 0 Å². The summed E-state index contributed by atoms with van der Waals surface area (Å²) in [6, 6.07) is 14.5. The van der Waals surface area contributed by atoms with Crippen molar-refractivity contribution in [2.24, 2.45) is 11.8 Å². The minimum Gasteiger partial charge on any atom is -0.485 e. The molecule has 1 aromatic heterocycles. The Morgan fingerprint density at radius 3 is 2.70 bits per heavy atom. The average Bonchev–Trinajstić information content (AvgIpc) is 3.76. The predicted octanol–water partition coefficient (Wildman–Crippen LogP) is 6.79. The molecule has 3 aromatic rings. The quantitative estimate of drug-likeness (QED) is 0.264. The Labute approximate surface area is 253 Å². The standard InChI is InChI=1S/C35H41FN2O5/c1-21(35(39)40)34(23-7-8-23)25-9-6-22-11-13-31(43-32(22)16-25)24-10-12-28(29-17-33(42-3)37-18-30(29)36)26(15-24)19-38-14-4-5-27(38)20-41-2/h6,9-10,12,15-18,21,23,27,31,34H,4-5,7-8,11,13-14,19-20H2,1-3H3,(H,39,40)/t21-,27+,31?,34-/m0/s1. The number of ether oxygens (including phenoxy) is 3. The molecule has 1 unspecified atom stereocenters. The van der Waals surface area contributed by atoms with Crippen LogP contribution in [0.15, 0.2) is 48.7 Å². The lowest BCUT2D eigenvalue weighted by atomic mass is 9.82. The molecule has 8 heteroatoms. The second kappa shape index (κ2) is 12.6. The zero-order valence-corrected chi connectivity index (χ0v) is 25.2. The lowest BCUT2D eigenvalue weighted by Crippen LogP contribution is -2.32. The highest BCUT2D eigenvalue weighted by Gasteiger charge is 2.39. The van der Waals surface area contributed by atoms with Gasteiger partial charge in [0.05, 0.1) is 25.8 Å². The number of fused-ring (bicyclic) bond motifs is 1.